The first-order valence-corrected chi connectivity index (χ1v) is 12.1. The van der Waals surface area contributed by atoms with Gasteiger partial charge >= 0.3 is 0 Å². The van der Waals surface area contributed by atoms with Gasteiger partial charge in [0.1, 0.15) is 11.2 Å². The normalized spacial score (nSPS) is 14.6. The lowest BCUT2D eigenvalue weighted by Crippen LogP contribution is -2.27. The third kappa shape index (κ3) is 3.78. The molecule has 1 amide bonds. The Balaban J connectivity index is 1.42. The van der Waals surface area contributed by atoms with Gasteiger partial charge in [0, 0.05) is 31.8 Å². The van der Waals surface area contributed by atoms with E-state index in [1.54, 1.807) is 20.0 Å². The molecule has 34 heavy (non-hydrogen) atoms. The standard InChI is InChI=1S/C21H22N8O4S/c1-13-11-17(29(26-13)21-24-18-16(20(31)25-21)12-22-27(18)2)23-19(30)14-5-7-15(8-6-14)34(32,33)28-9-3-4-10-28/h5-8,11-12H,3-4,9-10H2,1-2H3,(H,23,30)(H,24,25,31). The number of benzene rings is 1. The van der Waals surface area contributed by atoms with Crippen LogP contribution in [0.15, 0.2) is 46.2 Å². The van der Waals surface area contributed by atoms with Crippen molar-refractivity contribution in [3.63, 3.8) is 0 Å². The average Bonchev–Trinajstić information content (AvgIpc) is 3.55. The van der Waals surface area contributed by atoms with Crippen LogP contribution in [0.5, 0.6) is 0 Å². The van der Waals surface area contributed by atoms with Crippen LogP contribution in [0.1, 0.15) is 28.9 Å². The predicted molar refractivity (Wildman–Crippen MR) is 123 cm³/mol. The van der Waals surface area contributed by atoms with Gasteiger partial charge in [-0.1, -0.05) is 0 Å². The summed E-state index contributed by atoms with van der Waals surface area (Å²) in [4.78, 5) is 32.5. The van der Waals surface area contributed by atoms with Gasteiger partial charge in [0.15, 0.2) is 5.65 Å². The number of carbonyl (C=O) groups excluding carboxylic acids is 1. The van der Waals surface area contributed by atoms with Crippen molar-refractivity contribution in [2.24, 2.45) is 7.05 Å². The first-order valence-electron chi connectivity index (χ1n) is 10.6. The summed E-state index contributed by atoms with van der Waals surface area (Å²) < 4.78 is 29.7. The summed E-state index contributed by atoms with van der Waals surface area (Å²) in [7, 11) is -1.89. The van der Waals surface area contributed by atoms with Gasteiger partial charge in [-0.15, -0.1) is 0 Å². The number of aromatic amines is 1. The number of anilines is 1. The molecule has 13 heteroatoms. The fourth-order valence-corrected chi connectivity index (χ4v) is 5.43. The number of nitrogens with one attached hydrogen (secondary N) is 2. The van der Waals surface area contributed by atoms with E-state index < -0.39 is 15.9 Å². The molecule has 4 heterocycles. The third-order valence-corrected chi connectivity index (χ3v) is 7.60. The predicted octanol–water partition coefficient (Wildman–Crippen LogP) is 1.19. The summed E-state index contributed by atoms with van der Waals surface area (Å²) in [5.41, 5.74) is 0.858. The molecule has 1 fully saturated rings. The number of rotatable bonds is 5. The molecule has 12 nitrogen and oxygen atoms in total. The topological polar surface area (TPSA) is 148 Å². The van der Waals surface area contributed by atoms with Crippen molar-refractivity contribution in [1.29, 1.82) is 0 Å². The molecule has 0 aliphatic carbocycles. The Kier molecular flexibility index (Phi) is 5.29. The number of hydrogen-bond donors (Lipinski definition) is 2. The number of fused-ring (bicyclic) bond motifs is 1. The van der Waals surface area contributed by atoms with E-state index in [1.165, 1.54) is 44.1 Å². The Morgan fingerprint density at radius 3 is 2.56 bits per heavy atom. The van der Waals surface area contributed by atoms with E-state index >= 15 is 0 Å². The van der Waals surface area contributed by atoms with Crippen LogP contribution in [-0.4, -0.2) is 61.2 Å². The molecule has 0 spiro atoms. The van der Waals surface area contributed by atoms with Crippen LogP contribution in [0, 0.1) is 6.92 Å². The van der Waals surface area contributed by atoms with Crippen LogP contribution < -0.4 is 10.9 Å². The SMILES string of the molecule is Cc1cc(NC(=O)c2ccc(S(=O)(=O)N3CCCC3)cc2)n(-c2nc3c(cnn3C)c(=O)[nH]2)n1. The minimum Gasteiger partial charge on any atom is -0.306 e. The number of nitrogens with zero attached hydrogens (tertiary/aromatic N) is 6. The maximum Gasteiger partial charge on any atom is 0.263 e. The highest BCUT2D eigenvalue weighted by Gasteiger charge is 2.27. The molecule has 3 aromatic heterocycles. The summed E-state index contributed by atoms with van der Waals surface area (Å²) in [5.74, 6) is -0.0484. The summed E-state index contributed by atoms with van der Waals surface area (Å²) >= 11 is 0. The molecule has 0 radical (unpaired) electrons. The maximum atomic E-state index is 12.9. The molecular formula is C21H22N8O4S. The van der Waals surface area contributed by atoms with Crippen LogP contribution in [-0.2, 0) is 17.1 Å². The van der Waals surface area contributed by atoms with Crippen LogP contribution in [0.2, 0.25) is 0 Å². The lowest BCUT2D eigenvalue weighted by Gasteiger charge is -2.15. The number of H-pyrrole nitrogens is 1. The summed E-state index contributed by atoms with van der Waals surface area (Å²) in [5, 5.41) is 11.5. The number of aryl methyl sites for hydroxylation is 2. The number of carbonyl (C=O) groups is 1. The van der Waals surface area contributed by atoms with Crippen LogP contribution in [0.3, 0.4) is 0 Å². The van der Waals surface area contributed by atoms with E-state index in [4.69, 9.17) is 0 Å². The zero-order valence-corrected chi connectivity index (χ0v) is 19.3. The van der Waals surface area contributed by atoms with Crippen LogP contribution >= 0.6 is 0 Å². The molecule has 0 atom stereocenters. The second kappa shape index (κ2) is 8.18. The summed E-state index contributed by atoms with van der Waals surface area (Å²) in [6.07, 6.45) is 3.12. The van der Waals surface area contributed by atoms with Gasteiger partial charge in [-0.3, -0.25) is 19.3 Å². The van der Waals surface area contributed by atoms with Gasteiger partial charge in [-0.05, 0) is 44.0 Å². The Bertz CT molecular complexity index is 1560. The highest BCUT2D eigenvalue weighted by molar-refractivity contribution is 7.89. The smallest absolute Gasteiger partial charge is 0.263 e. The molecule has 0 bridgehead atoms. The maximum absolute atomic E-state index is 12.9. The van der Waals surface area contributed by atoms with E-state index in [9.17, 15) is 18.0 Å². The molecule has 1 saturated heterocycles. The minimum atomic E-state index is -3.56. The van der Waals surface area contributed by atoms with Gasteiger partial charge in [0.05, 0.1) is 16.8 Å². The summed E-state index contributed by atoms with van der Waals surface area (Å²) in [6.45, 7) is 2.76. The van der Waals surface area contributed by atoms with Crippen molar-refractivity contribution < 1.29 is 13.2 Å². The molecule has 176 valence electrons. The first-order chi connectivity index (χ1) is 16.2. The van der Waals surface area contributed by atoms with Gasteiger partial charge in [0.25, 0.3) is 11.5 Å². The molecule has 5 rings (SSSR count). The van der Waals surface area contributed by atoms with Crippen molar-refractivity contribution in [3.8, 4) is 5.95 Å². The Labute approximate surface area is 194 Å². The Hall–Kier alpha value is -3.84. The van der Waals surface area contributed by atoms with E-state index in [-0.39, 0.29) is 22.0 Å². The van der Waals surface area contributed by atoms with E-state index in [0.29, 0.717) is 35.6 Å². The lowest BCUT2D eigenvalue weighted by molar-refractivity contribution is 0.102. The minimum absolute atomic E-state index is 0.122. The second-order valence-corrected chi connectivity index (χ2v) is 10.0. The largest absolute Gasteiger partial charge is 0.306 e. The average molecular weight is 483 g/mol. The fourth-order valence-electron chi connectivity index (χ4n) is 3.92. The van der Waals surface area contributed by atoms with E-state index in [2.05, 4.69) is 25.5 Å². The number of amides is 1. The molecule has 4 aromatic rings. The molecule has 1 aliphatic rings. The van der Waals surface area contributed by atoms with Crippen LogP contribution in [0.4, 0.5) is 5.82 Å². The third-order valence-electron chi connectivity index (χ3n) is 5.68. The summed E-state index contributed by atoms with van der Waals surface area (Å²) in [6, 6.07) is 7.43. The molecule has 1 aliphatic heterocycles. The zero-order valence-electron chi connectivity index (χ0n) is 18.5. The van der Waals surface area contributed by atoms with Gasteiger partial charge in [-0.2, -0.15) is 24.2 Å². The molecule has 1 aromatic carbocycles. The lowest BCUT2D eigenvalue weighted by atomic mass is 10.2. The Morgan fingerprint density at radius 2 is 1.85 bits per heavy atom. The van der Waals surface area contributed by atoms with E-state index in [0.717, 1.165) is 12.8 Å². The van der Waals surface area contributed by atoms with Crippen LogP contribution in [0.25, 0.3) is 17.0 Å². The van der Waals surface area contributed by atoms with Gasteiger partial charge in [-0.25, -0.2) is 8.42 Å². The first kappa shape index (κ1) is 22.0. The number of sulfonamides is 1. The second-order valence-electron chi connectivity index (χ2n) is 8.07. The molecule has 0 unspecified atom stereocenters. The monoisotopic (exact) mass is 482 g/mol. The quantitative estimate of drug-likeness (QED) is 0.434. The van der Waals surface area contributed by atoms with Gasteiger partial charge < -0.3 is 5.32 Å². The van der Waals surface area contributed by atoms with Crippen molar-refractivity contribution in [2.45, 2.75) is 24.7 Å². The molecular weight excluding hydrogens is 460 g/mol. The van der Waals surface area contributed by atoms with E-state index in [1.807, 2.05) is 0 Å². The highest BCUT2D eigenvalue weighted by Crippen LogP contribution is 2.22. The van der Waals surface area contributed by atoms with Crippen molar-refractivity contribution >= 4 is 32.8 Å². The van der Waals surface area contributed by atoms with Crippen molar-refractivity contribution in [1.82, 2.24) is 33.8 Å². The molecule has 2 N–H and O–H groups in total. The highest BCUT2D eigenvalue weighted by atomic mass is 32.2. The fraction of sp³-hybridized carbons (Fsp3) is 0.286. The molecule has 0 saturated carbocycles. The van der Waals surface area contributed by atoms with Crippen molar-refractivity contribution in [2.75, 3.05) is 18.4 Å². The van der Waals surface area contributed by atoms with Gasteiger partial charge in [0.2, 0.25) is 16.0 Å². The van der Waals surface area contributed by atoms with Crippen molar-refractivity contribution in [3.05, 3.63) is 58.1 Å². The Morgan fingerprint density at radius 1 is 1.15 bits per heavy atom. The number of aromatic nitrogens is 6. The number of hydrogen-bond acceptors (Lipinski definition) is 7. The zero-order chi connectivity index (χ0) is 24.0.